The van der Waals surface area contributed by atoms with Gasteiger partial charge in [-0.25, -0.2) is 9.59 Å². The number of amides is 1. The second kappa shape index (κ2) is 8.81. The van der Waals surface area contributed by atoms with Crippen LogP contribution in [0.2, 0.25) is 0 Å². The summed E-state index contributed by atoms with van der Waals surface area (Å²) >= 11 is 0. The SMILES string of the molecule is COC(=O)N1CCC2C1CCCC2(C#Cc1cccc(C)c1)OC(=O)c1cccnc1. The first-order valence-corrected chi connectivity index (χ1v) is 10.6. The molecule has 160 valence electrons. The van der Waals surface area contributed by atoms with Gasteiger partial charge in [-0.15, -0.1) is 0 Å². The molecule has 2 fully saturated rings. The van der Waals surface area contributed by atoms with Gasteiger partial charge in [-0.2, -0.15) is 0 Å². The normalized spacial score (nSPS) is 24.5. The molecule has 0 bridgehead atoms. The molecule has 0 N–H and O–H groups in total. The summed E-state index contributed by atoms with van der Waals surface area (Å²) in [5.74, 6) is 6.07. The Balaban J connectivity index is 1.71. The Hall–Kier alpha value is -3.33. The maximum Gasteiger partial charge on any atom is 0.409 e. The van der Waals surface area contributed by atoms with E-state index in [0.29, 0.717) is 24.9 Å². The van der Waals surface area contributed by atoms with Crippen molar-refractivity contribution in [2.45, 2.75) is 44.2 Å². The highest BCUT2D eigenvalue weighted by molar-refractivity contribution is 5.89. The number of aromatic nitrogens is 1. The maximum absolute atomic E-state index is 13.0. The molecule has 1 aromatic heterocycles. The van der Waals surface area contributed by atoms with Crippen LogP contribution in [0.1, 0.15) is 47.2 Å². The Kier molecular flexibility index (Phi) is 5.94. The molecule has 6 nitrogen and oxygen atoms in total. The fourth-order valence-corrected chi connectivity index (χ4v) is 4.77. The minimum Gasteiger partial charge on any atom is -0.453 e. The Labute approximate surface area is 182 Å². The molecule has 1 saturated carbocycles. The molecule has 1 aromatic carbocycles. The van der Waals surface area contributed by atoms with Gasteiger partial charge in [0.1, 0.15) is 0 Å². The average Bonchev–Trinajstić information content (AvgIpc) is 3.23. The number of hydrogen-bond acceptors (Lipinski definition) is 5. The van der Waals surface area contributed by atoms with Crippen LogP contribution in [0.15, 0.2) is 48.8 Å². The second-order valence-corrected chi connectivity index (χ2v) is 8.16. The van der Waals surface area contributed by atoms with Gasteiger partial charge in [-0.3, -0.25) is 4.98 Å². The van der Waals surface area contributed by atoms with Crippen LogP contribution in [-0.2, 0) is 9.47 Å². The summed E-state index contributed by atoms with van der Waals surface area (Å²) in [7, 11) is 1.39. The number of rotatable bonds is 2. The molecule has 2 heterocycles. The lowest BCUT2D eigenvalue weighted by Crippen LogP contribution is -2.51. The van der Waals surface area contributed by atoms with Crippen molar-refractivity contribution in [3.8, 4) is 11.8 Å². The van der Waals surface area contributed by atoms with Crippen molar-refractivity contribution >= 4 is 12.1 Å². The highest BCUT2D eigenvalue weighted by atomic mass is 16.6. The summed E-state index contributed by atoms with van der Waals surface area (Å²) in [5.41, 5.74) is 1.42. The van der Waals surface area contributed by atoms with Crippen LogP contribution in [0.3, 0.4) is 0 Å². The third kappa shape index (κ3) is 4.27. The first-order valence-electron chi connectivity index (χ1n) is 10.6. The van der Waals surface area contributed by atoms with Crippen molar-refractivity contribution in [1.29, 1.82) is 0 Å². The highest BCUT2D eigenvalue weighted by Crippen LogP contribution is 2.45. The maximum atomic E-state index is 13.0. The van der Waals surface area contributed by atoms with E-state index >= 15 is 0 Å². The van der Waals surface area contributed by atoms with Gasteiger partial charge in [-0.1, -0.05) is 18.1 Å². The first-order chi connectivity index (χ1) is 15.0. The molecule has 1 aliphatic carbocycles. The molecular formula is C25H26N2O4. The zero-order chi connectivity index (χ0) is 21.8. The number of fused-ring (bicyclic) bond motifs is 1. The van der Waals surface area contributed by atoms with E-state index in [-0.39, 0.29) is 18.1 Å². The van der Waals surface area contributed by atoms with E-state index in [9.17, 15) is 9.59 Å². The number of likely N-dealkylation sites (tertiary alicyclic amines) is 1. The lowest BCUT2D eigenvalue weighted by molar-refractivity contribution is -0.0445. The van der Waals surface area contributed by atoms with Crippen molar-refractivity contribution in [3.05, 3.63) is 65.5 Å². The minimum atomic E-state index is -0.970. The summed E-state index contributed by atoms with van der Waals surface area (Å²) in [6.07, 6.45) is 5.77. The second-order valence-electron chi connectivity index (χ2n) is 8.16. The zero-order valence-corrected chi connectivity index (χ0v) is 17.8. The molecule has 2 aliphatic rings. The quantitative estimate of drug-likeness (QED) is 0.545. The smallest absolute Gasteiger partial charge is 0.409 e. The number of ether oxygens (including phenoxy) is 2. The fraction of sp³-hybridized carbons (Fsp3) is 0.400. The Morgan fingerprint density at radius 2 is 2.10 bits per heavy atom. The monoisotopic (exact) mass is 418 g/mol. The van der Waals surface area contributed by atoms with Gasteiger partial charge in [0.05, 0.1) is 12.7 Å². The van der Waals surface area contributed by atoms with Gasteiger partial charge < -0.3 is 14.4 Å². The molecule has 3 atom stereocenters. The molecule has 6 heteroatoms. The first kappa shape index (κ1) is 20.9. The largest absolute Gasteiger partial charge is 0.453 e. The van der Waals surface area contributed by atoms with Gasteiger partial charge in [0.25, 0.3) is 0 Å². The molecule has 1 saturated heterocycles. The summed E-state index contributed by atoms with van der Waals surface area (Å²) in [5, 5.41) is 0. The summed E-state index contributed by atoms with van der Waals surface area (Å²) in [6.45, 7) is 2.59. The summed E-state index contributed by atoms with van der Waals surface area (Å²) in [6, 6.07) is 11.3. The molecule has 0 radical (unpaired) electrons. The highest BCUT2D eigenvalue weighted by Gasteiger charge is 2.53. The average molecular weight is 418 g/mol. The molecule has 4 rings (SSSR count). The van der Waals surface area contributed by atoms with E-state index in [1.54, 1.807) is 23.2 Å². The van der Waals surface area contributed by atoms with E-state index in [1.165, 1.54) is 13.3 Å². The van der Waals surface area contributed by atoms with Gasteiger partial charge >= 0.3 is 12.1 Å². The number of pyridine rings is 1. The van der Waals surface area contributed by atoms with Crippen LogP contribution in [0.25, 0.3) is 0 Å². The van der Waals surface area contributed by atoms with Gasteiger partial charge in [-0.05, 0) is 68.4 Å². The predicted molar refractivity (Wildman–Crippen MR) is 115 cm³/mol. The Morgan fingerprint density at radius 1 is 1.23 bits per heavy atom. The van der Waals surface area contributed by atoms with E-state index in [2.05, 4.69) is 16.8 Å². The van der Waals surface area contributed by atoms with Crippen LogP contribution in [0.4, 0.5) is 4.79 Å². The van der Waals surface area contributed by atoms with Crippen molar-refractivity contribution in [3.63, 3.8) is 0 Å². The number of methoxy groups -OCH3 is 1. The van der Waals surface area contributed by atoms with Crippen LogP contribution < -0.4 is 0 Å². The van der Waals surface area contributed by atoms with E-state index in [1.807, 2.05) is 31.2 Å². The van der Waals surface area contributed by atoms with Crippen molar-refractivity contribution in [1.82, 2.24) is 9.88 Å². The van der Waals surface area contributed by atoms with Crippen LogP contribution >= 0.6 is 0 Å². The predicted octanol–water partition coefficient (Wildman–Crippen LogP) is 3.98. The van der Waals surface area contributed by atoms with E-state index < -0.39 is 11.6 Å². The lowest BCUT2D eigenvalue weighted by Gasteiger charge is -2.42. The van der Waals surface area contributed by atoms with Crippen molar-refractivity contribution in [2.24, 2.45) is 5.92 Å². The molecule has 1 aliphatic heterocycles. The minimum absolute atomic E-state index is 0.0605. The Morgan fingerprint density at radius 3 is 2.84 bits per heavy atom. The van der Waals surface area contributed by atoms with Gasteiger partial charge in [0.15, 0.2) is 5.60 Å². The van der Waals surface area contributed by atoms with Crippen molar-refractivity contribution < 1.29 is 19.1 Å². The Bertz CT molecular complexity index is 1030. The number of carbonyl (C=O) groups excluding carboxylic acids is 2. The van der Waals surface area contributed by atoms with Gasteiger partial charge in [0, 0.05) is 36.5 Å². The zero-order valence-electron chi connectivity index (χ0n) is 17.8. The van der Waals surface area contributed by atoms with Crippen LogP contribution in [0.5, 0.6) is 0 Å². The van der Waals surface area contributed by atoms with Crippen molar-refractivity contribution in [2.75, 3.05) is 13.7 Å². The van der Waals surface area contributed by atoms with E-state index in [4.69, 9.17) is 9.47 Å². The summed E-state index contributed by atoms with van der Waals surface area (Å²) in [4.78, 5) is 31.1. The fourth-order valence-electron chi connectivity index (χ4n) is 4.77. The number of hydrogen-bond donors (Lipinski definition) is 0. The molecule has 0 spiro atoms. The van der Waals surface area contributed by atoms with E-state index in [0.717, 1.165) is 24.0 Å². The number of aryl methyl sites for hydroxylation is 1. The topological polar surface area (TPSA) is 68.7 Å². The number of esters is 1. The standard InChI is InChI=1S/C25H26N2O4/c1-18-6-3-7-19(16-18)10-13-25(31-23(28)20-8-5-14-26-17-20)12-4-9-22-21(25)11-15-27(22)24(29)30-2/h3,5-8,14,16-17,21-22H,4,9,11-12,15H2,1-2H3. The van der Waals surface area contributed by atoms with Crippen LogP contribution in [-0.4, -0.2) is 47.2 Å². The third-order valence-electron chi connectivity index (χ3n) is 6.21. The third-order valence-corrected chi connectivity index (χ3v) is 6.21. The number of nitrogens with zero attached hydrogens (tertiary/aromatic N) is 2. The molecule has 2 aromatic rings. The number of carbonyl (C=O) groups is 2. The number of benzene rings is 1. The molecular weight excluding hydrogens is 392 g/mol. The molecule has 31 heavy (non-hydrogen) atoms. The molecule has 1 amide bonds. The lowest BCUT2D eigenvalue weighted by atomic mass is 9.72. The molecule has 3 unspecified atom stereocenters. The summed E-state index contributed by atoms with van der Waals surface area (Å²) < 4.78 is 11.1. The van der Waals surface area contributed by atoms with Gasteiger partial charge in [0.2, 0.25) is 0 Å². The van der Waals surface area contributed by atoms with Crippen LogP contribution in [0, 0.1) is 24.7 Å².